The molecule has 0 aromatic carbocycles. The van der Waals surface area contributed by atoms with E-state index in [9.17, 15) is 0 Å². The molecule has 0 radical (unpaired) electrons. The molecule has 0 aromatic rings. The maximum Gasteiger partial charge on any atom is 0.0124 e. The van der Waals surface area contributed by atoms with Gasteiger partial charge >= 0.3 is 0 Å². The summed E-state index contributed by atoms with van der Waals surface area (Å²) in [5.74, 6) is 0. The summed E-state index contributed by atoms with van der Waals surface area (Å²) >= 11 is 0. The van der Waals surface area contributed by atoms with Crippen LogP contribution < -0.4 is 0 Å². The second-order valence-electron chi connectivity index (χ2n) is 1.73. The molecule has 0 aliphatic rings. The Labute approximate surface area is 50.9 Å². The van der Waals surface area contributed by atoms with Gasteiger partial charge in [0.2, 0.25) is 0 Å². The van der Waals surface area contributed by atoms with Gasteiger partial charge in [-0.1, -0.05) is 19.1 Å². The average Bonchev–Trinajstić information content (AvgIpc) is 1.83. The molecule has 0 fully saturated rings. The maximum atomic E-state index is 7.19. The molecule has 0 rings (SSSR count). The number of allylic oxidation sites excluding steroid dienone is 2. The van der Waals surface area contributed by atoms with Crippen molar-refractivity contribution >= 4 is 5.71 Å². The normalized spacial score (nSPS) is 10.2. The first-order valence-electron chi connectivity index (χ1n) is 2.98. The lowest BCUT2D eigenvalue weighted by Gasteiger charge is -1.89. The van der Waals surface area contributed by atoms with Gasteiger partial charge in [-0.25, -0.2) is 0 Å². The largest absolute Gasteiger partial charge is 0.309 e. The Kier molecular flexibility index (Phi) is 4.23. The van der Waals surface area contributed by atoms with E-state index in [1.165, 1.54) is 0 Å². The van der Waals surface area contributed by atoms with Gasteiger partial charge in [0.25, 0.3) is 0 Å². The average molecular weight is 111 g/mol. The van der Waals surface area contributed by atoms with E-state index in [1.54, 1.807) is 0 Å². The van der Waals surface area contributed by atoms with Gasteiger partial charge in [0, 0.05) is 12.1 Å². The minimum atomic E-state index is 0.808. The van der Waals surface area contributed by atoms with Crippen molar-refractivity contribution in [3.63, 3.8) is 0 Å². The molecule has 1 heteroatoms. The summed E-state index contributed by atoms with van der Waals surface area (Å²) in [7, 11) is 0. The van der Waals surface area contributed by atoms with Gasteiger partial charge in [-0.3, -0.25) is 0 Å². The van der Waals surface area contributed by atoms with Crippen LogP contribution in [0.1, 0.15) is 26.7 Å². The second kappa shape index (κ2) is 4.57. The monoisotopic (exact) mass is 111 g/mol. The van der Waals surface area contributed by atoms with Gasteiger partial charge in [-0.15, -0.1) is 0 Å². The molecule has 0 heterocycles. The number of hydrogen-bond donors (Lipinski definition) is 1. The molecule has 0 aliphatic heterocycles. The topological polar surface area (TPSA) is 23.9 Å². The van der Waals surface area contributed by atoms with E-state index in [1.807, 2.05) is 26.0 Å². The van der Waals surface area contributed by atoms with Crippen molar-refractivity contribution in [2.24, 2.45) is 0 Å². The van der Waals surface area contributed by atoms with Crippen LogP contribution in [0.25, 0.3) is 0 Å². The van der Waals surface area contributed by atoms with Gasteiger partial charge in [0.05, 0.1) is 0 Å². The number of nitrogens with one attached hydrogen (secondary N) is 1. The van der Waals surface area contributed by atoms with E-state index >= 15 is 0 Å². The van der Waals surface area contributed by atoms with Crippen LogP contribution in [0.2, 0.25) is 0 Å². The smallest absolute Gasteiger partial charge is 0.0124 e. The quantitative estimate of drug-likeness (QED) is 0.427. The lowest BCUT2D eigenvalue weighted by atomic mass is 10.2. The van der Waals surface area contributed by atoms with Crippen molar-refractivity contribution in [3.05, 3.63) is 12.2 Å². The summed E-state index contributed by atoms with van der Waals surface area (Å²) in [6, 6.07) is 0. The van der Waals surface area contributed by atoms with Crippen LogP contribution >= 0.6 is 0 Å². The predicted molar refractivity (Wildman–Crippen MR) is 37.4 cm³/mol. The van der Waals surface area contributed by atoms with Crippen LogP contribution in [-0.2, 0) is 0 Å². The molecule has 46 valence electrons. The first-order valence-corrected chi connectivity index (χ1v) is 2.98. The highest BCUT2D eigenvalue weighted by atomic mass is 14.4. The maximum absolute atomic E-state index is 7.19. The van der Waals surface area contributed by atoms with Gasteiger partial charge in [-0.2, -0.15) is 0 Å². The van der Waals surface area contributed by atoms with Gasteiger partial charge < -0.3 is 5.41 Å². The Morgan fingerprint density at radius 2 is 2.25 bits per heavy atom. The van der Waals surface area contributed by atoms with E-state index < -0.39 is 0 Å². The molecule has 1 nitrogen and oxygen atoms in total. The van der Waals surface area contributed by atoms with Crippen LogP contribution in [0.4, 0.5) is 0 Å². The van der Waals surface area contributed by atoms with Crippen LogP contribution in [0.15, 0.2) is 12.2 Å². The molecule has 0 aromatic heterocycles. The van der Waals surface area contributed by atoms with Crippen LogP contribution in [0, 0.1) is 5.41 Å². The summed E-state index contributed by atoms with van der Waals surface area (Å²) in [5.41, 5.74) is 0.808. The summed E-state index contributed by atoms with van der Waals surface area (Å²) in [6.07, 6.45) is 5.69. The minimum absolute atomic E-state index is 0.808. The van der Waals surface area contributed by atoms with Crippen molar-refractivity contribution in [3.8, 4) is 0 Å². The van der Waals surface area contributed by atoms with Crippen molar-refractivity contribution in [1.29, 1.82) is 5.41 Å². The number of hydrogen-bond acceptors (Lipinski definition) is 1. The molecule has 0 amide bonds. The predicted octanol–water partition coefficient (Wildman–Crippen LogP) is 2.38. The SMILES string of the molecule is CC=CCC(=N)CC. The molecule has 0 aliphatic carbocycles. The molecule has 0 saturated carbocycles. The Morgan fingerprint density at radius 3 is 2.62 bits per heavy atom. The molecule has 0 spiro atoms. The summed E-state index contributed by atoms with van der Waals surface area (Å²) < 4.78 is 0. The zero-order chi connectivity index (χ0) is 6.41. The third-order valence-electron chi connectivity index (χ3n) is 1.03. The van der Waals surface area contributed by atoms with E-state index in [0.29, 0.717) is 0 Å². The third-order valence-corrected chi connectivity index (χ3v) is 1.03. The molecule has 0 unspecified atom stereocenters. The van der Waals surface area contributed by atoms with Crippen molar-refractivity contribution < 1.29 is 0 Å². The zero-order valence-electron chi connectivity index (χ0n) is 5.57. The molecule has 0 atom stereocenters. The Hall–Kier alpha value is -0.590. The highest BCUT2D eigenvalue weighted by Gasteiger charge is 1.84. The molecular formula is C7H13N. The van der Waals surface area contributed by atoms with Crippen LogP contribution in [-0.4, -0.2) is 5.71 Å². The second-order valence-corrected chi connectivity index (χ2v) is 1.73. The van der Waals surface area contributed by atoms with E-state index in [-0.39, 0.29) is 0 Å². The summed E-state index contributed by atoms with van der Waals surface area (Å²) in [6.45, 7) is 3.98. The molecule has 0 saturated heterocycles. The van der Waals surface area contributed by atoms with E-state index in [4.69, 9.17) is 5.41 Å². The first kappa shape index (κ1) is 7.41. The molecule has 1 N–H and O–H groups in total. The molecule has 8 heavy (non-hydrogen) atoms. The fourth-order valence-corrected chi connectivity index (χ4v) is 0.404. The Morgan fingerprint density at radius 1 is 1.62 bits per heavy atom. The fourth-order valence-electron chi connectivity index (χ4n) is 0.404. The van der Waals surface area contributed by atoms with Gasteiger partial charge in [-0.05, 0) is 13.3 Å². The van der Waals surface area contributed by atoms with Gasteiger partial charge in [0.1, 0.15) is 0 Å². The van der Waals surface area contributed by atoms with Crippen molar-refractivity contribution in [1.82, 2.24) is 0 Å². The number of rotatable bonds is 3. The highest BCUT2D eigenvalue weighted by Crippen LogP contribution is 1.89. The zero-order valence-corrected chi connectivity index (χ0v) is 5.57. The standard InChI is InChI=1S/C7H13N/c1-3-5-6-7(8)4-2/h3,5,8H,4,6H2,1-2H3. The summed E-state index contributed by atoms with van der Waals surface area (Å²) in [5, 5.41) is 7.19. The van der Waals surface area contributed by atoms with Crippen LogP contribution in [0.3, 0.4) is 0 Å². The highest BCUT2D eigenvalue weighted by molar-refractivity contribution is 5.82. The summed E-state index contributed by atoms with van der Waals surface area (Å²) in [4.78, 5) is 0. The van der Waals surface area contributed by atoms with Gasteiger partial charge in [0.15, 0.2) is 0 Å². The minimum Gasteiger partial charge on any atom is -0.309 e. The molecular weight excluding hydrogens is 98.1 g/mol. The van der Waals surface area contributed by atoms with E-state index in [2.05, 4.69) is 0 Å². The third kappa shape index (κ3) is 3.59. The lowest BCUT2D eigenvalue weighted by Crippen LogP contribution is -1.88. The van der Waals surface area contributed by atoms with Crippen LogP contribution in [0.5, 0.6) is 0 Å². The van der Waals surface area contributed by atoms with Crippen molar-refractivity contribution in [2.45, 2.75) is 26.7 Å². The van der Waals surface area contributed by atoms with E-state index in [0.717, 1.165) is 18.6 Å². The Balaban J connectivity index is 3.25. The Bertz CT molecular complexity index is 92.6. The first-order chi connectivity index (χ1) is 3.81. The molecule has 0 bridgehead atoms. The fraction of sp³-hybridized carbons (Fsp3) is 0.571. The lowest BCUT2D eigenvalue weighted by molar-refractivity contribution is 1.18. The van der Waals surface area contributed by atoms with Crippen molar-refractivity contribution in [2.75, 3.05) is 0 Å².